The summed E-state index contributed by atoms with van der Waals surface area (Å²) >= 11 is 0. The summed E-state index contributed by atoms with van der Waals surface area (Å²) in [6.07, 6.45) is 2.85. The maximum Gasteiger partial charge on any atom is 0.309 e. The molecule has 0 aliphatic rings. The molecular formula is C13H27NO2. The van der Waals surface area contributed by atoms with Crippen LogP contribution in [0.15, 0.2) is 0 Å². The molecule has 0 radical (unpaired) electrons. The summed E-state index contributed by atoms with van der Waals surface area (Å²) < 4.78 is 0. The first-order chi connectivity index (χ1) is 7.35. The predicted octanol–water partition coefficient (Wildman–Crippen LogP) is 3.00. The lowest BCUT2D eigenvalue weighted by Crippen LogP contribution is -2.34. The summed E-state index contributed by atoms with van der Waals surface area (Å²) in [4.78, 5) is 13.4. The Balaban J connectivity index is 4.00. The minimum atomic E-state index is -0.695. The van der Waals surface area contributed by atoms with Gasteiger partial charge in [-0.05, 0) is 53.1 Å². The molecule has 0 saturated heterocycles. The van der Waals surface area contributed by atoms with Crippen molar-refractivity contribution < 1.29 is 9.90 Å². The first kappa shape index (κ1) is 15.4. The Hall–Kier alpha value is -0.570. The Kier molecular flexibility index (Phi) is 6.65. The lowest BCUT2D eigenvalue weighted by atomic mass is 9.88. The molecule has 0 aliphatic heterocycles. The topological polar surface area (TPSA) is 40.5 Å². The first-order valence-corrected chi connectivity index (χ1v) is 6.32. The van der Waals surface area contributed by atoms with E-state index in [2.05, 4.69) is 25.7 Å². The molecule has 0 amide bonds. The van der Waals surface area contributed by atoms with Crippen LogP contribution < -0.4 is 0 Å². The molecule has 0 bridgehead atoms. The Morgan fingerprint density at radius 1 is 1.38 bits per heavy atom. The molecule has 0 saturated carbocycles. The third-order valence-electron chi connectivity index (χ3n) is 3.45. The van der Waals surface area contributed by atoms with Gasteiger partial charge in [-0.25, -0.2) is 0 Å². The summed E-state index contributed by atoms with van der Waals surface area (Å²) in [6.45, 7) is 12.2. The predicted molar refractivity (Wildman–Crippen MR) is 67.7 cm³/mol. The van der Waals surface area contributed by atoms with Gasteiger partial charge in [0.05, 0.1) is 5.41 Å². The summed E-state index contributed by atoms with van der Waals surface area (Å²) in [7, 11) is 0. The van der Waals surface area contributed by atoms with Crippen LogP contribution in [0.1, 0.15) is 53.9 Å². The molecule has 1 unspecified atom stereocenters. The van der Waals surface area contributed by atoms with Crippen molar-refractivity contribution in [2.45, 2.75) is 59.9 Å². The van der Waals surface area contributed by atoms with Crippen LogP contribution >= 0.6 is 0 Å². The van der Waals surface area contributed by atoms with Crippen molar-refractivity contribution in [3.63, 3.8) is 0 Å². The number of aliphatic carboxylic acids is 1. The second-order valence-electron chi connectivity index (χ2n) is 5.18. The Bertz CT molecular complexity index is 214. The van der Waals surface area contributed by atoms with E-state index in [0.717, 1.165) is 32.4 Å². The Morgan fingerprint density at radius 3 is 2.31 bits per heavy atom. The van der Waals surface area contributed by atoms with Crippen LogP contribution in [0, 0.1) is 5.41 Å². The quantitative estimate of drug-likeness (QED) is 0.695. The molecule has 0 aromatic heterocycles. The highest BCUT2D eigenvalue weighted by Crippen LogP contribution is 2.22. The largest absolute Gasteiger partial charge is 0.481 e. The number of carboxylic acids is 1. The van der Waals surface area contributed by atoms with E-state index in [4.69, 9.17) is 5.11 Å². The monoisotopic (exact) mass is 229 g/mol. The van der Waals surface area contributed by atoms with Gasteiger partial charge in [0.2, 0.25) is 0 Å². The van der Waals surface area contributed by atoms with Gasteiger partial charge in [-0.15, -0.1) is 0 Å². The first-order valence-electron chi connectivity index (χ1n) is 6.32. The molecule has 1 N–H and O–H groups in total. The van der Waals surface area contributed by atoms with Gasteiger partial charge in [-0.1, -0.05) is 13.8 Å². The molecule has 96 valence electrons. The lowest BCUT2D eigenvalue weighted by Gasteiger charge is -2.28. The molecule has 3 heteroatoms. The highest BCUT2D eigenvalue weighted by Gasteiger charge is 2.26. The summed E-state index contributed by atoms with van der Waals surface area (Å²) in [5, 5.41) is 9.01. The molecule has 0 aliphatic carbocycles. The zero-order valence-electron chi connectivity index (χ0n) is 11.4. The maximum atomic E-state index is 10.9. The van der Waals surface area contributed by atoms with E-state index < -0.39 is 11.4 Å². The molecule has 0 rings (SSSR count). The van der Waals surface area contributed by atoms with Crippen molar-refractivity contribution in [1.29, 1.82) is 0 Å². The smallest absolute Gasteiger partial charge is 0.309 e. The van der Waals surface area contributed by atoms with E-state index in [0.29, 0.717) is 6.04 Å². The molecule has 16 heavy (non-hydrogen) atoms. The van der Waals surface area contributed by atoms with Gasteiger partial charge in [0.15, 0.2) is 0 Å². The van der Waals surface area contributed by atoms with Gasteiger partial charge in [-0.2, -0.15) is 0 Å². The van der Waals surface area contributed by atoms with Crippen molar-refractivity contribution in [2.24, 2.45) is 5.41 Å². The van der Waals surface area contributed by atoms with Crippen LogP contribution in [0.25, 0.3) is 0 Å². The number of hydrogen-bond donors (Lipinski definition) is 1. The van der Waals surface area contributed by atoms with Crippen LogP contribution in [0.2, 0.25) is 0 Å². The zero-order chi connectivity index (χ0) is 12.8. The molecule has 0 aromatic rings. The number of hydrogen-bond acceptors (Lipinski definition) is 2. The van der Waals surface area contributed by atoms with Crippen molar-refractivity contribution in [2.75, 3.05) is 13.1 Å². The summed E-state index contributed by atoms with van der Waals surface area (Å²) in [5.41, 5.74) is -0.588. The average Bonchev–Trinajstić information content (AvgIpc) is 2.23. The fraction of sp³-hybridized carbons (Fsp3) is 0.923. The Labute approximate surface area is 99.8 Å². The minimum Gasteiger partial charge on any atom is -0.481 e. The van der Waals surface area contributed by atoms with E-state index in [1.165, 1.54) is 0 Å². The second kappa shape index (κ2) is 6.89. The standard InChI is InChI=1S/C13H27NO2/c1-6-11(3)14(7-2)10-8-9-13(4,5)12(15)16/h11H,6-10H2,1-5H3,(H,15,16). The van der Waals surface area contributed by atoms with Gasteiger partial charge >= 0.3 is 5.97 Å². The van der Waals surface area contributed by atoms with Crippen LogP contribution in [-0.2, 0) is 4.79 Å². The summed E-state index contributed by atoms with van der Waals surface area (Å²) in [5.74, 6) is -0.695. The number of rotatable bonds is 8. The average molecular weight is 229 g/mol. The SMILES string of the molecule is CCC(C)N(CC)CCCC(C)(C)C(=O)O. The van der Waals surface area contributed by atoms with Crippen LogP contribution in [0.5, 0.6) is 0 Å². The molecule has 0 heterocycles. The second-order valence-corrected chi connectivity index (χ2v) is 5.18. The van der Waals surface area contributed by atoms with E-state index in [1.54, 1.807) is 13.8 Å². The van der Waals surface area contributed by atoms with Gasteiger partial charge in [0.25, 0.3) is 0 Å². The zero-order valence-corrected chi connectivity index (χ0v) is 11.4. The fourth-order valence-electron chi connectivity index (χ4n) is 1.78. The lowest BCUT2D eigenvalue weighted by molar-refractivity contribution is -0.147. The molecule has 0 fully saturated rings. The number of carboxylic acid groups (broad SMARTS) is 1. The van der Waals surface area contributed by atoms with E-state index in [9.17, 15) is 4.79 Å². The highest BCUT2D eigenvalue weighted by atomic mass is 16.4. The van der Waals surface area contributed by atoms with Crippen LogP contribution in [0.3, 0.4) is 0 Å². The molecule has 0 spiro atoms. The third-order valence-corrected chi connectivity index (χ3v) is 3.45. The van der Waals surface area contributed by atoms with E-state index in [1.807, 2.05) is 0 Å². The molecule has 1 atom stereocenters. The van der Waals surface area contributed by atoms with Crippen molar-refractivity contribution in [3.05, 3.63) is 0 Å². The van der Waals surface area contributed by atoms with Gasteiger partial charge < -0.3 is 10.0 Å². The molecule has 3 nitrogen and oxygen atoms in total. The van der Waals surface area contributed by atoms with Gasteiger partial charge in [0.1, 0.15) is 0 Å². The number of nitrogens with zero attached hydrogens (tertiary/aromatic N) is 1. The minimum absolute atomic E-state index is 0.588. The molecule has 0 aromatic carbocycles. The van der Waals surface area contributed by atoms with Crippen LogP contribution in [0.4, 0.5) is 0 Å². The fourth-order valence-corrected chi connectivity index (χ4v) is 1.78. The van der Waals surface area contributed by atoms with Crippen LogP contribution in [-0.4, -0.2) is 35.1 Å². The third kappa shape index (κ3) is 4.97. The van der Waals surface area contributed by atoms with E-state index >= 15 is 0 Å². The van der Waals surface area contributed by atoms with Crippen molar-refractivity contribution in [3.8, 4) is 0 Å². The maximum absolute atomic E-state index is 10.9. The normalized spacial score (nSPS) is 14.1. The molecular weight excluding hydrogens is 202 g/mol. The summed E-state index contributed by atoms with van der Waals surface area (Å²) in [6, 6.07) is 0.595. The van der Waals surface area contributed by atoms with Crippen molar-refractivity contribution >= 4 is 5.97 Å². The van der Waals surface area contributed by atoms with Gasteiger partial charge in [0, 0.05) is 6.04 Å². The van der Waals surface area contributed by atoms with E-state index in [-0.39, 0.29) is 0 Å². The van der Waals surface area contributed by atoms with Crippen molar-refractivity contribution in [1.82, 2.24) is 4.90 Å². The van der Waals surface area contributed by atoms with Gasteiger partial charge in [-0.3, -0.25) is 4.79 Å². The Morgan fingerprint density at radius 2 is 1.94 bits per heavy atom. The highest BCUT2D eigenvalue weighted by molar-refractivity contribution is 5.73. The number of carbonyl (C=O) groups is 1.